The maximum atomic E-state index is 15.3. The lowest BCUT2D eigenvalue weighted by Crippen LogP contribution is -2.41. The highest BCUT2D eigenvalue weighted by Crippen LogP contribution is 2.62. The summed E-state index contributed by atoms with van der Waals surface area (Å²) in [5.41, 5.74) is 8.24. The van der Waals surface area contributed by atoms with Gasteiger partial charge in [0, 0.05) is 104 Å². The van der Waals surface area contributed by atoms with Crippen LogP contribution in [-0.2, 0) is 18.8 Å². The molecule has 2 unspecified atom stereocenters. The number of pyridine rings is 6. The maximum absolute atomic E-state index is 15.3. The third-order valence-electron chi connectivity index (χ3n) is 17.3. The van der Waals surface area contributed by atoms with Gasteiger partial charge in [-0.2, -0.15) is 0 Å². The van der Waals surface area contributed by atoms with Gasteiger partial charge in [0.2, 0.25) is 0 Å². The van der Waals surface area contributed by atoms with Gasteiger partial charge in [-0.3, -0.25) is 9.97 Å². The van der Waals surface area contributed by atoms with Crippen LogP contribution in [0.2, 0.25) is 5.82 Å². The van der Waals surface area contributed by atoms with Gasteiger partial charge in [-0.15, -0.1) is 0 Å². The van der Waals surface area contributed by atoms with Gasteiger partial charge in [0.25, 0.3) is 0 Å². The van der Waals surface area contributed by atoms with Crippen LogP contribution in [-0.4, -0.2) is 101 Å². The van der Waals surface area contributed by atoms with Gasteiger partial charge < -0.3 is 39.2 Å². The molecule has 8 aromatic rings. The molecule has 0 spiro atoms. The molecule has 2 aliphatic carbocycles. The Hall–Kier alpha value is -6.84. The molecule has 13 rings (SSSR count). The van der Waals surface area contributed by atoms with Gasteiger partial charge in [-0.05, 0) is 123 Å². The Balaban J connectivity index is 0.000000144. The molecule has 3 saturated heterocycles. The standard InChI is InChI=1S/C29H29F2N5O.C24H20BrF2N5O.C11H21BO2/c1-17-27(22-6-4-5-7-32-22)35-24-13-18(30)12-21(31)26(24)28(17)34-23-14-25(36-8-10-37-11-9-36)33-16-19(23)20-15-29(20,2)3;1-14-23(18-4-2-3-5-28-18)31-20-11-15(26)10-17(27)22(20)24(14)30-19-12-21(29-13-16(19)25)32-6-8-33-9-7-32;1-9(2)7-8(9)12-13-10(3,4)11(5,6)14-12/h4-7,12-14,16,20H,8-11,15H2,1-3H3,(H,33,34,35);2-5,10-13H,6-9H2,1H3,(H,29,30,31);8H,7H2,1-6H3. The van der Waals surface area contributed by atoms with E-state index in [1.54, 1.807) is 24.7 Å². The Bertz CT molecular complexity index is 3740. The average molecular weight is 1210 g/mol. The molecule has 3 aliphatic heterocycles. The molecule has 5 fully saturated rings. The van der Waals surface area contributed by atoms with Crippen molar-refractivity contribution >= 4 is 79.2 Å². The average Bonchev–Trinajstić information content (AvgIpc) is 2.15. The van der Waals surface area contributed by atoms with Crippen LogP contribution in [0, 0.1) is 47.9 Å². The minimum atomic E-state index is -0.686. The smallest absolute Gasteiger partial charge is 0.403 e. The highest BCUT2D eigenvalue weighted by molar-refractivity contribution is 9.10. The first kappa shape index (κ1) is 58.9. The topological polar surface area (TPSA) is 145 Å². The first-order chi connectivity index (χ1) is 40.0. The summed E-state index contributed by atoms with van der Waals surface area (Å²) in [5, 5.41) is 7.39. The molecule has 2 aromatic carbocycles. The van der Waals surface area contributed by atoms with Crippen molar-refractivity contribution in [1.29, 1.82) is 0 Å². The number of aromatic nitrogens is 6. The number of ether oxygens (including phenoxy) is 2. The maximum Gasteiger partial charge on any atom is 0.461 e. The predicted octanol–water partition coefficient (Wildman–Crippen LogP) is 14.9. The van der Waals surface area contributed by atoms with Crippen LogP contribution in [0.4, 0.5) is 51.9 Å². The van der Waals surface area contributed by atoms with E-state index in [2.05, 4.69) is 117 Å². The molecular weight excluding hydrogens is 1140 g/mol. The Morgan fingerprint density at radius 2 is 1.01 bits per heavy atom. The Labute approximate surface area is 496 Å². The fourth-order valence-electron chi connectivity index (χ4n) is 11.2. The fourth-order valence-corrected chi connectivity index (χ4v) is 11.5. The van der Waals surface area contributed by atoms with E-state index in [1.165, 1.54) is 18.6 Å². The highest BCUT2D eigenvalue weighted by atomic mass is 79.9. The van der Waals surface area contributed by atoms with Crippen LogP contribution < -0.4 is 20.4 Å². The molecule has 14 nitrogen and oxygen atoms in total. The summed E-state index contributed by atoms with van der Waals surface area (Å²) in [6, 6.07) is 19.3. The number of halogens is 5. The molecule has 6 aromatic heterocycles. The second kappa shape index (κ2) is 23.2. The lowest BCUT2D eigenvalue weighted by Gasteiger charge is -2.32. The molecule has 0 bridgehead atoms. The van der Waals surface area contributed by atoms with E-state index >= 15 is 8.78 Å². The monoisotopic (exact) mass is 1210 g/mol. The van der Waals surface area contributed by atoms with Crippen molar-refractivity contribution in [3.8, 4) is 22.8 Å². The predicted molar refractivity (Wildman–Crippen MR) is 327 cm³/mol. The van der Waals surface area contributed by atoms with Crippen LogP contribution in [0.25, 0.3) is 44.6 Å². The zero-order chi connectivity index (χ0) is 59.5. The molecular formula is C64H70BBrF4N10O4. The zero-order valence-corrected chi connectivity index (χ0v) is 50.7. The van der Waals surface area contributed by atoms with Gasteiger partial charge in [0.1, 0.15) is 34.9 Å². The van der Waals surface area contributed by atoms with E-state index in [9.17, 15) is 8.78 Å². The van der Waals surface area contributed by atoms with E-state index in [-0.39, 0.29) is 45.5 Å². The van der Waals surface area contributed by atoms with E-state index in [4.69, 9.17) is 23.8 Å². The second-order valence-electron chi connectivity index (χ2n) is 24.7. The number of nitrogens with one attached hydrogen (secondary N) is 2. The van der Waals surface area contributed by atoms with Gasteiger partial charge in [-0.1, -0.05) is 39.8 Å². The lowest BCUT2D eigenvalue weighted by molar-refractivity contribution is 0.00578. The summed E-state index contributed by atoms with van der Waals surface area (Å²) in [4.78, 5) is 31.7. The first-order valence-electron chi connectivity index (χ1n) is 28.6. The van der Waals surface area contributed by atoms with Gasteiger partial charge in [0.15, 0.2) is 0 Å². The summed E-state index contributed by atoms with van der Waals surface area (Å²) in [6.07, 6.45) is 9.28. The number of hydrogen-bond acceptors (Lipinski definition) is 14. The van der Waals surface area contributed by atoms with Crippen molar-refractivity contribution in [3.05, 3.63) is 142 Å². The summed E-state index contributed by atoms with van der Waals surface area (Å²) >= 11 is 3.54. The molecule has 0 radical (unpaired) electrons. The minimum Gasteiger partial charge on any atom is -0.403 e. The number of benzene rings is 2. The Morgan fingerprint density at radius 3 is 1.44 bits per heavy atom. The SMILES string of the molecule is CC1(C)CC1B1OC(C)(C)C(C)(C)O1.Cc1c(-c2ccccn2)nc2cc(F)cc(F)c2c1Nc1cc(N2CCOCC2)ncc1Br.Cc1c(-c2ccccn2)nc2cc(F)cc(F)c2c1Nc1cc(N2CCOCC2)ncc1C1CC1(C)C. The highest BCUT2D eigenvalue weighted by Gasteiger charge is 2.62. The third kappa shape index (κ3) is 12.2. The van der Waals surface area contributed by atoms with Crippen molar-refractivity contribution in [1.82, 2.24) is 29.9 Å². The van der Waals surface area contributed by atoms with Crippen LogP contribution in [0.15, 0.2) is 102 Å². The van der Waals surface area contributed by atoms with E-state index < -0.39 is 23.3 Å². The van der Waals surface area contributed by atoms with Crippen molar-refractivity contribution < 1.29 is 36.3 Å². The molecule has 2 saturated carbocycles. The summed E-state index contributed by atoms with van der Waals surface area (Å²) in [7, 11) is 0.00926. The van der Waals surface area contributed by atoms with Crippen molar-refractivity contribution in [3.63, 3.8) is 0 Å². The summed E-state index contributed by atoms with van der Waals surface area (Å²) in [5.74, 6) is -0.134. The number of nitrogens with zero attached hydrogens (tertiary/aromatic N) is 8. The fraction of sp³-hybridized carbons (Fsp3) is 0.406. The summed E-state index contributed by atoms with van der Waals surface area (Å²) < 4.78 is 82.3. The molecule has 20 heteroatoms. The Morgan fingerprint density at radius 1 is 0.571 bits per heavy atom. The molecule has 438 valence electrons. The lowest BCUT2D eigenvalue weighted by atomic mass is 9.78. The van der Waals surface area contributed by atoms with E-state index in [0.717, 1.165) is 73.2 Å². The largest absolute Gasteiger partial charge is 0.461 e. The van der Waals surface area contributed by atoms with Crippen LogP contribution >= 0.6 is 15.9 Å². The number of morpholine rings is 2. The second-order valence-corrected chi connectivity index (χ2v) is 25.5. The zero-order valence-electron chi connectivity index (χ0n) is 49.1. The van der Waals surface area contributed by atoms with E-state index in [1.807, 2.05) is 62.5 Å². The number of fused-ring (bicyclic) bond motifs is 2. The van der Waals surface area contributed by atoms with Crippen molar-refractivity contribution in [2.45, 2.75) is 105 Å². The van der Waals surface area contributed by atoms with Gasteiger partial charge in [-0.25, -0.2) is 37.5 Å². The molecule has 2 N–H and O–H groups in total. The van der Waals surface area contributed by atoms with Crippen molar-refractivity contribution in [2.75, 3.05) is 73.0 Å². The summed E-state index contributed by atoms with van der Waals surface area (Å²) in [6.45, 7) is 26.8. The molecule has 9 heterocycles. The Kier molecular flexibility index (Phi) is 16.3. The molecule has 0 amide bonds. The number of hydrogen-bond donors (Lipinski definition) is 2. The number of rotatable bonds is 10. The quantitative estimate of drug-likeness (QED) is 0.0989. The third-order valence-corrected chi connectivity index (χ3v) is 18.0. The van der Waals surface area contributed by atoms with Crippen molar-refractivity contribution in [2.24, 2.45) is 10.8 Å². The van der Waals surface area contributed by atoms with Crippen LogP contribution in [0.1, 0.15) is 90.8 Å². The normalized spacial score (nSPS) is 20.0. The van der Waals surface area contributed by atoms with Crippen LogP contribution in [0.3, 0.4) is 0 Å². The van der Waals surface area contributed by atoms with Gasteiger partial charge in [0.05, 0.1) is 104 Å². The van der Waals surface area contributed by atoms with E-state index in [0.29, 0.717) is 93.5 Å². The molecule has 84 heavy (non-hydrogen) atoms. The number of anilines is 6. The minimum absolute atomic E-state index is 0.00926. The van der Waals surface area contributed by atoms with Gasteiger partial charge >= 0.3 is 7.12 Å². The first-order valence-corrected chi connectivity index (χ1v) is 29.4. The van der Waals surface area contributed by atoms with Crippen LogP contribution in [0.5, 0.6) is 0 Å². The molecule has 2 atom stereocenters. The molecule has 5 aliphatic rings.